The number of imide groups is 1. The topological polar surface area (TPSA) is 145 Å². The Kier molecular flexibility index (Phi) is 7.67. The van der Waals surface area contributed by atoms with Crippen molar-refractivity contribution in [2.45, 2.75) is 32.0 Å². The Morgan fingerprint density at radius 1 is 1.24 bits per heavy atom. The first kappa shape index (κ1) is 26.7. The number of piperidine rings is 1. The smallest absolute Gasteiger partial charge is 0.332 e. The monoisotopic (exact) mass is 540 g/mol. The van der Waals surface area contributed by atoms with Crippen LogP contribution in [-0.2, 0) is 27.5 Å². The van der Waals surface area contributed by atoms with E-state index >= 15 is 0 Å². The summed E-state index contributed by atoms with van der Waals surface area (Å²) in [6.45, 7) is 3.50. The Labute approximate surface area is 223 Å². The number of urea groups is 1. The van der Waals surface area contributed by atoms with E-state index in [-0.39, 0.29) is 49.9 Å². The molecule has 1 atom stereocenters. The number of carbonyl (C=O) groups is 5. The molecule has 2 aromatic carbocycles. The third-order valence-electron chi connectivity index (χ3n) is 6.33. The summed E-state index contributed by atoms with van der Waals surface area (Å²) in [4.78, 5) is 63.8. The number of rotatable bonds is 8. The Hall–Kier alpha value is -4.38. The van der Waals surface area contributed by atoms with Crippen LogP contribution in [0.2, 0.25) is 5.02 Å². The normalized spacial score (nSPS) is 16.5. The molecule has 0 radical (unpaired) electrons. The fraction of sp³-hybridized carbons (Fsp3) is 0.269. The van der Waals surface area contributed by atoms with Crippen molar-refractivity contribution in [3.63, 3.8) is 0 Å². The van der Waals surface area contributed by atoms with Crippen LogP contribution in [0.4, 0.5) is 10.5 Å². The molecule has 0 aliphatic carbocycles. The van der Waals surface area contributed by atoms with E-state index in [9.17, 15) is 29.1 Å². The molecule has 2 aliphatic heterocycles. The molecule has 1 fully saturated rings. The minimum Gasteiger partial charge on any atom is -0.497 e. The van der Waals surface area contributed by atoms with E-state index in [1.807, 2.05) is 0 Å². The maximum absolute atomic E-state index is 13.2. The number of nitrogens with one attached hydrogen (secondary N) is 2. The lowest BCUT2D eigenvalue weighted by molar-refractivity contribution is -0.137. The van der Waals surface area contributed by atoms with Crippen molar-refractivity contribution < 1.29 is 33.8 Å². The number of benzene rings is 2. The number of aliphatic carboxylic acids is 1. The minimum atomic E-state index is -1.25. The number of fused-ring (bicyclic) bond motifs is 1. The molecule has 2 heterocycles. The molecule has 0 spiro atoms. The van der Waals surface area contributed by atoms with E-state index in [0.29, 0.717) is 33.1 Å². The maximum Gasteiger partial charge on any atom is 0.332 e. The molecule has 2 aromatic rings. The number of nitrogens with zero attached hydrogens (tertiary/aromatic N) is 2. The third-order valence-corrected chi connectivity index (χ3v) is 6.55. The van der Waals surface area contributed by atoms with E-state index in [1.54, 1.807) is 30.3 Å². The number of ether oxygens (including phenoxy) is 1. The van der Waals surface area contributed by atoms with Crippen LogP contribution in [0.1, 0.15) is 34.3 Å². The zero-order chi connectivity index (χ0) is 27.6. The molecule has 1 unspecified atom stereocenters. The second-order valence-electron chi connectivity index (χ2n) is 8.89. The van der Waals surface area contributed by atoms with Crippen LogP contribution in [0.3, 0.4) is 0 Å². The van der Waals surface area contributed by atoms with Gasteiger partial charge < -0.3 is 20.1 Å². The number of amides is 5. The summed E-state index contributed by atoms with van der Waals surface area (Å²) in [7, 11) is 1.44. The Balaban J connectivity index is 1.49. The summed E-state index contributed by atoms with van der Waals surface area (Å²) in [6, 6.07) is 8.37. The number of methoxy groups -OCH3 is 1. The molecule has 198 valence electrons. The van der Waals surface area contributed by atoms with Gasteiger partial charge in [0.05, 0.1) is 19.3 Å². The lowest BCUT2D eigenvalue weighted by Gasteiger charge is -2.29. The fourth-order valence-electron chi connectivity index (χ4n) is 4.37. The molecule has 2 aliphatic rings. The van der Waals surface area contributed by atoms with Gasteiger partial charge in [-0.25, -0.2) is 9.59 Å². The number of anilines is 1. The minimum absolute atomic E-state index is 0.0759. The zero-order valence-electron chi connectivity index (χ0n) is 20.5. The third kappa shape index (κ3) is 5.62. The summed E-state index contributed by atoms with van der Waals surface area (Å²) < 4.78 is 5.21. The molecular formula is C26H25ClN4O7. The summed E-state index contributed by atoms with van der Waals surface area (Å²) >= 11 is 6.15. The van der Waals surface area contributed by atoms with Gasteiger partial charge in [-0.1, -0.05) is 30.3 Å². The van der Waals surface area contributed by atoms with Crippen LogP contribution < -0.4 is 20.3 Å². The standard InChI is InChI=1S/C26H25ClN4O7/c1-14(25(35)36)12-30(18-8-17(27)9-19(10-18)38-2)26(37)28-11-15-3-4-20-16(7-15)13-31(24(20)34)21-5-6-22(32)29-23(21)33/h3-4,7-10,21H,1,5-6,11-13H2,2H3,(H,28,37)(H,35,36)(H,29,32,33). The SMILES string of the molecule is C=C(CN(C(=O)NCc1ccc2c(c1)CN(C1CCC(=O)NC1=O)C2=O)c1cc(Cl)cc(OC)c1)C(=O)O. The van der Waals surface area contributed by atoms with Crippen LogP contribution >= 0.6 is 11.6 Å². The Morgan fingerprint density at radius 2 is 2.00 bits per heavy atom. The van der Waals surface area contributed by atoms with Crippen LogP contribution in [-0.4, -0.2) is 59.4 Å². The van der Waals surface area contributed by atoms with Crippen molar-refractivity contribution in [1.29, 1.82) is 0 Å². The molecule has 1 saturated heterocycles. The van der Waals surface area contributed by atoms with Crippen LogP contribution in [0, 0.1) is 0 Å². The Bertz CT molecular complexity index is 1360. The second-order valence-corrected chi connectivity index (χ2v) is 9.33. The van der Waals surface area contributed by atoms with Crippen molar-refractivity contribution in [3.05, 3.63) is 70.3 Å². The fourth-order valence-corrected chi connectivity index (χ4v) is 4.59. The van der Waals surface area contributed by atoms with Crippen molar-refractivity contribution in [3.8, 4) is 5.75 Å². The predicted molar refractivity (Wildman–Crippen MR) is 137 cm³/mol. The number of hydrogen-bond acceptors (Lipinski definition) is 6. The van der Waals surface area contributed by atoms with Gasteiger partial charge in [-0.2, -0.15) is 0 Å². The molecule has 0 aromatic heterocycles. The number of carboxylic acid groups (broad SMARTS) is 1. The van der Waals surface area contributed by atoms with Gasteiger partial charge in [-0.15, -0.1) is 0 Å². The first-order valence-corrected chi connectivity index (χ1v) is 12.0. The van der Waals surface area contributed by atoms with E-state index < -0.39 is 23.9 Å². The molecule has 12 heteroatoms. The summed E-state index contributed by atoms with van der Waals surface area (Å²) in [5, 5.41) is 14.6. The number of halogens is 1. The number of carbonyl (C=O) groups excluding carboxylic acids is 4. The molecule has 38 heavy (non-hydrogen) atoms. The highest BCUT2D eigenvalue weighted by atomic mass is 35.5. The van der Waals surface area contributed by atoms with Crippen molar-refractivity contribution in [2.24, 2.45) is 0 Å². The molecule has 4 rings (SSSR count). The first-order chi connectivity index (χ1) is 18.1. The highest BCUT2D eigenvalue weighted by Crippen LogP contribution is 2.29. The van der Waals surface area contributed by atoms with Crippen molar-refractivity contribution in [2.75, 3.05) is 18.6 Å². The lowest BCUT2D eigenvalue weighted by Crippen LogP contribution is -2.52. The average molecular weight is 541 g/mol. The van der Waals surface area contributed by atoms with Gasteiger partial charge in [0.15, 0.2) is 0 Å². The van der Waals surface area contributed by atoms with Crippen LogP contribution in [0.25, 0.3) is 0 Å². The van der Waals surface area contributed by atoms with Gasteiger partial charge in [0.2, 0.25) is 11.8 Å². The van der Waals surface area contributed by atoms with Gasteiger partial charge in [0.1, 0.15) is 11.8 Å². The van der Waals surface area contributed by atoms with Gasteiger partial charge in [-0.05, 0) is 35.7 Å². The largest absolute Gasteiger partial charge is 0.497 e. The highest BCUT2D eigenvalue weighted by molar-refractivity contribution is 6.31. The highest BCUT2D eigenvalue weighted by Gasteiger charge is 2.39. The van der Waals surface area contributed by atoms with E-state index in [0.717, 1.165) is 0 Å². The maximum atomic E-state index is 13.2. The second kappa shape index (κ2) is 10.9. The van der Waals surface area contributed by atoms with Crippen molar-refractivity contribution >= 4 is 47.0 Å². The number of hydrogen-bond donors (Lipinski definition) is 3. The van der Waals surface area contributed by atoms with Crippen LogP contribution in [0.5, 0.6) is 5.75 Å². The predicted octanol–water partition coefficient (Wildman–Crippen LogP) is 2.47. The molecule has 5 amide bonds. The van der Waals surface area contributed by atoms with E-state index in [1.165, 1.54) is 23.0 Å². The van der Waals surface area contributed by atoms with E-state index in [4.69, 9.17) is 16.3 Å². The van der Waals surface area contributed by atoms with Gasteiger partial charge in [-0.3, -0.25) is 24.6 Å². The summed E-state index contributed by atoms with van der Waals surface area (Å²) in [6.07, 6.45) is 0.427. The van der Waals surface area contributed by atoms with E-state index in [2.05, 4.69) is 17.2 Å². The molecule has 3 N–H and O–H groups in total. The molecule has 0 saturated carbocycles. The van der Waals surface area contributed by atoms with Crippen molar-refractivity contribution in [1.82, 2.24) is 15.5 Å². The summed E-state index contributed by atoms with van der Waals surface area (Å²) in [5.41, 5.74) is 1.95. The quantitative estimate of drug-likeness (QED) is 0.344. The molecule has 0 bridgehead atoms. The number of carboxylic acids is 1. The van der Waals surface area contributed by atoms with Gasteiger partial charge in [0, 0.05) is 41.7 Å². The summed E-state index contributed by atoms with van der Waals surface area (Å²) in [5.74, 6) is -2.00. The first-order valence-electron chi connectivity index (χ1n) is 11.6. The molecular weight excluding hydrogens is 516 g/mol. The lowest BCUT2D eigenvalue weighted by atomic mass is 10.0. The van der Waals surface area contributed by atoms with Gasteiger partial charge >= 0.3 is 12.0 Å². The van der Waals surface area contributed by atoms with Gasteiger partial charge in [0.25, 0.3) is 5.91 Å². The molecule has 11 nitrogen and oxygen atoms in total. The average Bonchev–Trinajstić information content (AvgIpc) is 3.20. The Morgan fingerprint density at radius 3 is 2.68 bits per heavy atom. The zero-order valence-corrected chi connectivity index (χ0v) is 21.2. The van der Waals surface area contributed by atoms with Crippen LogP contribution in [0.15, 0.2) is 48.6 Å².